The lowest BCUT2D eigenvalue weighted by atomic mass is 10.2. The fraction of sp³-hybridized carbons (Fsp3) is 0.562. The van der Waals surface area contributed by atoms with E-state index < -0.39 is 21.7 Å². The van der Waals surface area contributed by atoms with Gasteiger partial charge in [0.1, 0.15) is 5.82 Å². The molecule has 1 heterocycles. The minimum atomic E-state index is -3.75. The van der Waals surface area contributed by atoms with Crippen LogP contribution >= 0.6 is 0 Å². The number of amides is 1. The fourth-order valence-corrected chi connectivity index (χ4v) is 4.16. The van der Waals surface area contributed by atoms with E-state index in [0.717, 1.165) is 25.2 Å². The first kappa shape index (κ1) is 19.8. The van der Waals surface area contributed by atoms with Gasteiger partial charge in [-0.3, -0.25) is 10.2 Å². The lowest BCUT2D eigenvalue weighted by Crippen LogP contribution is -2.52. The van der Waals surface area contributed by atoms with E-state index in [2.05, 4.69) is 10.3 Å². The molecule has 0 aliphatic carbocycles. The Morgan fingerprint density at radius 2 is 1.80 bits per heavy atom. The van der Waals surface area contributed by atoms with Crippen LogP contribution in [-0.2, 0) is 10.0 Å². The van der Waals surface area contributed by atoms with Gasteiger partial charge >= 0.3 is 0 Å². The number of hydrogen-bond acceptors (Lipinski definition) is 5. The number of carbonyl (C=O) groups is 1. The summed E-state index contributed by atoms with van der Waals surface area (Å²) in [6, 6.07) is 3.32. The Labute approximate surface area is 148 Å². The van der Waals surface area contributed by atoms with E-state index in [1.54, 1.807) is 18.9 Å². The number of piperazine rings is 1. The molecule has 1 aromatic rings. The average Bonchev–Trinajstić information content (AvgIpc) is 2.58. The Balaban J connectivity index is 2.22. The minimum absolute atomic E-state index is 0.0823. The molecule has 140 valence electrons. The molecule has 7 nitrogen and oxygen atoms in total. The lowest BCUT2D eigenvalue weighted by molar-refractivity contribution is 0.0658. The highest BCUT2D eigenvalue weighted by molar-refractivity contribution is 7.89. The zero-order chi connectivity index (χ0) is 18.6. The number of halogens is 1. The van der Waals surface area contributed by atoms with Crippen molar-refractivity contribution in [2.24, 2.45) is 0 Å². The van der Waals surface area contributed by atoms with E-state index in [9.17, 15) is 17.6 Å². The number of hydrogen-bond donors (Lipinski definition) is 1. The Bertz CT molecular complexity index is 714. The Hall–Kier alpha value is -1.55. The zero-order valence-corrected chi connectivity index (χ0v) is 15.6. The van der Waals surface area contributed by atoms with Crippen LogP contribution < -0.4 is 5.43 Å². The molecule has 0 unspecified atom stereocenters. The van der Waals surface area contributed by atoms with Crippen LogP contribution in [0.4, 0.5) is 4.39 Å². The molecule has 0 atom stereocenters. The largest absolute Gasteiger partial charge is 0.304 e. The second kappa shape index (κ2) is 8.22. The summed E-state index contributed by atoms with van der Waals surface area (Å²) < 4.78 is 40.5. The van der Waals surface area contributed by atoms with Crippen molar-refractivity contribution < 1.29 is 17.6 Å². The topological polar surface area (TPSA) is 73.0 Å². The van der Waals surface area contributed by atoms with Gasteiger partial charge in [-0.25, -0.2) is 17.8 Å². The van der Waals surface area contributed by atoms with E-state index in [1.165, 1.54) is 10.4 Å². The maximum Gasteiger partial charge on any atom is 0.268 e. The molecule has 1 N–H and O–H groups in total. The Morgan fingerprint density at radius 1 is 1.20 bits per heavy atom. The monoisotopic (exact) mass is 372 g/mol. The van der Waals surface area contributed by atoms with Gasteiger partial charge in [0.2, 0.25) is 10.0 Å². The number of rotatable bonds is 6. The van der Waals surface area contributed by atoms with Crippen LogP contribution in [0.1, 0.15) is 24.2 Å². The van der Waals surface area contributed by atoms with Crippen LogP contribution in [0.15, 0.2) is 23.1 Å². The van der Waals surface area contributed by atoms with Crippen LogP contribution in [0, 0.1) is 5.82 Å². The summed E-state index contributed by atoms with van der Waals surface area (Å²) in [5, 5.41) is 1.72. The molecule has 9 heteroatoms. The average molecular weight is 372 g/mol. The van der Waals surface area contributed by atoms with Gasteiger partial charge < -0.3 is 4.90 Å². The summed E-state index contributed by atoms with van der Waals surface area (Å²) in [5.41, 5.74) is 2.38. The molecule has 0 saturated carbocycles. The lowest BCUT2D eigenvalue weighted by Gasteiger charge is -2.32. The maximum atomic E-state index is 14.1. The van der Waals surface area contributed by atoms with Crippen molar-refractivity contribution in [1.82, 2.24) is 19.6 Å². The summed E-state index contributed by atoms with van der Waals surface area (Å²) in [7, 11) is -1.76. The summed E-state index contributed by atoms with van der Waals surface area (Å²) in [4.78, 5) is 14.4. The number of nitrogens with zero attached hydrogens (tertiary/aromatic N) is 3. The molecule has 1 aromatic carbocycles. The van der Waals surface area contributed by atoms with Gasteiger partial charge in [0.25, 0.3) is 5.91 Å². The molecule has 2 rings (SSSR count). The van der Waals surface area contributed by atoms with E-state index in [1.807, 2.05) is 7.05 Å². The van der Waals surface area contributed by atoms with Crippen LogP contribution in [0.2, 0.25) is 0 Å². The summed E-state index contributed by atoms with van der Waals surface area (Å²) in [6.07, 6.45) is 0. The molecule has 1 amide bonds. The van der Waals surface area contributed by atoms with Gasteiger partial charge in [0.15, 0.2) is 0 Å². The molecule has 1 aliphatic heterocycles. The number of likely N-dealkylation sites (N-methyl/N-ethyl adjacent to an activating group) is 1. The van der Waals surface area contributed by atoms with E-state index >= 15 is 0 Å². The van der Waals surface area contributed by atoms with Gasteiger partial charge in [0, 0.05) is 39.3 Å². The highest BCUT2D eigenvalue weighted by Gasteiger charge is 2.25. The first-order chi connectivity index (χ1) is 11.8. The highest BCUT2D eigenvalue weighted by Crippen LogP contribution is 2.19. The van der Waals surface area contributed by atoms with E-state index in [0.29, 0.717) is 26.2 Å². The van der Waals surface area contributed by atoms with Gasteiger partial charge in [-0.2, -0.15) is 4.31 Å². The quantitative estimate of drug-likeness (QED) is 0.798. The molecule has 1 saturated heterocycles. The number of sulfonamides is 1. The molecule has 1 fully saturated rings. The number of nitrogens with one attached hydrogen (secondary N) is 1. The molecule has 1 aliphatic rings. The Kier molecular flexibility index (Phi) is 6.50. The molecule has 0 aromatic heterocycles. The second-order valence-electron chi connectivity index (χ2n) is 5.96. The molecule has 25 heavy (non-hydrogen) atoms. The first-order valence-corrected chi connectivity index (χ1v) is 9.77. The van der Waals surface area contributed by atoms with Crippen molar-refractivity contribution in [3.63, 3.8) is 0 Å². The third-order valence-electron chi connectivity index (χ3n) is 4.29. The van der Waals surface area contributed by atoms with Crippen molar-refractivity contribution in [2.45, 2.75) is 18.7 Å². The smallest absolute Gasteiger partial charge is 0.268 e. The third-order valence-corrected chi connectivity index (χ3v) is 6.33. The molecule has 0 spiro atoms. The van der Waals surface area contributed by atoms with Crippen molar-refractivity contribution in [1.29, 1.82) is 0 Å². The van der Waals surface area contributed by atoms with Crippen molar-refractivity contribution in [3.05, 3.63) is 29.6 Å². The zero-order valence-electron chi connectivity index (χ0n) is 14.8. The predicted octanol–water partition coefficient (Wildman–Crippen LogP) is 0.748. The predicted molar refractivity (Wildman–Crippen MR) is 93.0 cm³/mol. The normalized spacial score (nSPS) is 17.0. The van der Waals surface area contributed by atoms with Crippen LogP contribution in [-0.4, -0.2) is 74.9 Å². The van der Waals surface area contributed by atoms with Crippen molar-refractivity contribution in [3.8, 4) is 0 Å². The van der Waals surface area contributed by atoms with Crippen molar-refractivity contribution in [2.75, 3.05) is 46.3 Å². The minimum Gasteiger partial charge on any atom is -0.304 e. The standard InChI is InChI=1S/C16H25FN4O3S/c1-4-21(5-2)25(23,24)13-6-7-15(17)14(12-13)16(22)18-20-10-8-19(3)9-11-20/h6-7,12H,4-5,8-11H2,1-3H3,(H,18,22). The van der Waals surface area contributed by atoms with Gasteiger partial charge in [-0.15, -0.1) is 0 Å². The van der Waals surface area contributed by atoms with Crippen molar-refractivity contribution >= 4 is 15.9 Å². The molecular formula is C16H25FN4O3S. The Morgan fingerprint density at radius 3 is 2.36 bits per heavy atom. The van der Waals surface area contributed by atoms with E-state index in [-0.39, 0.29) is 10.5 Å². The fourth-order valence-electron chi connectivity index (χ4n) is 2.67. The molecule has 0 bridgehead atoms. The number of carbonyl (C=O) groups excluding carboxylic acids is 1. The maximum absolute atomic E-state index is 14.1. The van der Waals surface area contributed by atoms with Gasteiger partial charge in [-0.1, -0.05) is 13.8 Å². The van der Waals surface area contributed by atoms with Gasteiger partial charge in [0.05, 0.1) is 10.5 Å². The number of hydrazine groups is 1. The van der Waals surface area contributed by atoms with Crippen LogP contribution in [0.25, 0.3) is 0 Å². The highest BCUT2D eigenvalue weighted by atomic mass is 32.2. The first-order valence-electron chi connectivity index (χ1n) is 8.33. The summed E-state index contributed by atoms with van der Waals surface area (Å²) >= 11 is 0. The van der Waals surface area contributed by atoms with E-state index in [4.69, 9.17) is 0 Å². The number of benzene rings is 1. The second-order valence-corrected chi connectivity index (χ2v) is 7.90. The van der Waals surface area contributed by atoms with Crippen LogP contribution in [0.3, 0.4) is 0 Å². The molecular weight excluding hydrogens is 347 g/mol. The summed E-state index contributed by atoms with van der Waals surface area (Å²) in [5.74, 6) is -1.39. The SMILES string of the molecule is CCN(CC)S(=O)(=O)c1ccc(F)c(C(=O)NN2CCN(C)CC2)c1. The molecule has 0 radical (unpaired) electrons. The summed E-state index contributed by atoms with van der Waals surface area (Å²) in [6.45, 7) is 6.90. The van der Waals surface area contributed by atoms with Gasteiger partial charge in [-0.05, 0) is 25.2 Å². The third kappa shape index (κ3) is 4.55. The van der Waals surface area contributed by atoms with Crippen LogP contribution in [0.5, 0.6) is 0 Å².